The van der Waals surface area contributed by atoms with E-state index in [1.807, 2.05) is 22.9 Å². The minimum Gasteiger partial charge on any atom is -0.354 e. The molecule has 1 N–H and O–H groups in total. The zero-order valence-electron chi connectivity index (χ0n) is 5.21. The Kier molecular flexibility index (Phi) is 2.20. The Morgan fingerprint density at radius 2 is 2.60 bits per heavy atom. The standard InChI is InChI=1S/C4H5IN4O/c1-6-4(10)3-2-9(5)8-7-3/h2H,1H3,(H,6,10). The van der Waals surface area contributed by atoms with Crippen LogP contribution in [0.3, 0.4) is 0 Å². The van der Waals surface area contributed by atoms with Crippen LogP contribution in [0.5, 0.6) is 0 Å². The lowest BCUT2D eigenvalue weighted by Crippen LogP contribution is -2.18. The van der Waals surface area contributed by atoms with Gasteiger partial charge in [0.1, 0.15) is 0 Å². The van der Waals surface area contributed by atoms with Crippen LogP contribution in [0.1, 0.15) is 10.5 Å². The molecular weight excluding hydrogens is 247 g/mol. The maximum Gasteiger partial charge on any atom is 0.273 e. The van der Waals surface area contributed by atoms with Gasteiger partial charge in [0.15, 0.2) is 5.69 Å². The largest absolute Gasteiger partial charge is 0.354 e. The average molecular weight is 252 g/mol. The third-order valence-corrected chi connectivity index (χ3v) is 1.40. The van der Waals surface area contributed by atoms with E-state index < -0.39 is 0 Å². The Morgan fingerprint density at radius 1 is 1.90 bits per heavy atom. The molecule has 0 saturated heterocycles. The zero-order chi connectivity index (χ0) is 7.56. The van der Waals surface area contributed by atoms with Crippen LogP contribution in [-0.2, 0) is 0 Å². The summed E-state index contributed by atoms with van der Waals surface area (Å²) in [7, 11) is 1.55. The molecule has 54 valence electrons. The number of halogens is 1. The molecule has 0 saturated carbocycles. The van der Waals surface area contributed by atoms with E-state index >= 15 is 0 Å². The van der Waals surface area contributed by atoms with Crippen LogP contribution in [0.15, 0.2) is 6.20 Å². The lowest BCUT2D eigenvalue weighted by Gasteiger charge is -1.88. The highest BCUT2D eigenvalue weighted by Crippen LogP contribution is 1.94. The average Bonchev–Trinajstić information content (AvgIpc) is 2.34. The molecule has 0 radical (unpaired) electrons. The first-order valence-electron chi connectivity index (χ1n) is 2.54. The smallest absolute Gasteiger partial charge is 0.273 e. The van der Waals surface area contributed by atoms with Gasteiger partial charge >= 0.3 is 0 Å². The van der Waals surface area contributed by atoms with Gasteiger partial charge in [-0.3, -0.25) is 4.79 Å². The third kappa shape index (κ3) is 1.43. The number of carbonyl (C=O) groups is 1. The van der Waals surface area contributed by atoms with Gasteiger partial charge in [0, 0.05) is 7.05 Å². The normalized spacial score (nSPS) is 9.40. The van der Waals surface area contributed by atoms with Crippen molar-refractivity contribution in [2.75, 3.05) is 7.05 Å². The van der Waals surface area contributed by atoms with Crippen molar-refractivity contribution in [3.8, 4) is 0 Å². The molecular formula is C4H5IN4O. The van der Waals surface area contributed by atoms with E-state index in [4.69, 9.17) is 0 Å². The Hall–Kier alpha value is -0.660. The van der Waals surface area contributed by atoms with Crippen LogP contribution in [0.4, 0.5) is 0 Å². The second-order valence-corrected chi connectivity index (χ2v) is 2.56. The number of hydrogen-bond donors (Lipinski definition) is 1. The molecule has 0 unspecified atom stereocenters. The minimum atomic E-state index is -0.220. The van der Waals surface area contributed by atoms with Crippen LogP contribution < -0.4 is 5.32 Å². The predicted octanol–water partition coefficient (Wildman–Crippen LogP) is -0.164. The van der Waals surface area contributed by atoms with E-state index in [0.29, 0.717) is 5.69 Å². The summed E-state index contributed by atoms with van der Waals surface area (Å²) in [4.78, 5) is 10.8. The van der Waals surface area contributed by atoms with Crippen LogP contribution in [0.2, 0.25) is 0 Å². The first-order chi connectivity index (χ1) is 4.74. The summed E-state index contributed by atoms with van der Waals surface area (Å²) in [6.07, 6.45) is 1.54. The first kappa shape index (κ1) is 7.45. The van der Waals surface area contributed by atoms with E-state index in [1.165, 1.54) is 2.90 Å². The van der Waals surface area contributed by atoms with Crippen LogP contribution >= 0.6 is 22.9 Å². The molecule has 1 aromatic rings. The van der Waals surface area contributed by atoms with Gasteiger partial charge in [-0.25, -0.2) is 0 Å². The number of amides is 1. The first-order valence-corrected chi connectivity index (χ1v) is 3.51. The van der Waals surface area contributed by atoms with Gasteiger partial charge < -0.3 is 5.32 Å². The molecule has 1 amide bonds. The molecule has 6 heteroatoms. The summed E-state index contributed by atoms with van der Waals surface area (Å²) in [5, 5.41) is 9.59. The number of carbonyl (C=O) groups excluding carboxylic acids is 1. The quantitative estimate of drug-likeness (QED) is 0.706. The molecule has 0 bridgehead atoms. The highest BCUT2D eigenvalue weighted by Gasteiger charge is 2.05. The van der Waals surface area contributed by atoms with Gasteiger partial charge in [-0.1, -0.05) is 5.21 Å². The number of nitrogens with one attached hydrogen (secondary N) is 1. The summed E-state index contributed by atoms with van der Waals surface area (Å²) in [6.45, 7) is 0. The molecule has 0 aromatic carbocycles. The van der Waals surface area contributed by atoms with E-state index in [-0.39, 0.29) is 5.91 Å². The van der Waals surface area contributed by atoms with Crippen LogP contribution in [-0.4, -0.2) is 26.2 Å². The number of hydrogen-bond acceptors (Lipinski definition) is 3. The maximum absolute atomic E-state index is 10.8. The molecule has 0 atom stereocenters. The van der Waals surface area contributed by atoms with E-state index in [2.05, 4.69) is 15.6 Å². The number of nitrogens with zero attached hydrogens (tertiary/aromatic N) is 3. The Labute approximate surface area is 71.3 Å². The van der Waals surface area contributed by atoms with Gasteiger partial charge in [0.2, 0.25) is 0 Å². The van der Waals surface area contributed by atoms with Crippen LogP contribution in [0.25, 0.3) is 0 Å². The second-order valence-electron chi connectivity index (χ2n) is 1.57. The predicted molar refractivity (Wildman–Crippen MR) is 42.8 cm³/mol. The highest BCUT2D eigenvalue weighted by atomic mass is 127. The van der Waals surface area contributed by atoms with E-state index in [1.54, 1.807) is 13.2 Å². The van der Waals surface area contributed by atoms with Crippen molar-refractivity contribution in [2.24, 2.45) is 0 Å². The van der Waals surface area contributed by atoms with Crippen molar-refractivity contribution in [1.82, 2.24) is 18.5 Å². The van der Waals surface area contributed by atoms with Crippen molar-refractivity contribution in [2.45, 2.75) is 0 Å². The number of rotatable bonds is 1. The van der Waals surface area contributed by atoms with Crippen LogP contribution in [0, 0.1) is 0 Å². The molecule has 0 aliphatic carbocycles. The Morgan fingerprint density at radius 3 is 3.00 bits per heavy atom. The Balaban J connectivity index is 2.85. The fourth-order valence-corrected chi connectivity index (χ4v) is 0.836. The van der Waals surface area contributed by atoms with Gasteiger partial charge in [-0.05, 0) is 0 Å². The third-order valence-electron chi connectivity index (χ3n) is 0.926. The molecule has 5 nitrogen and oxygen atoms in total. The lowest BCUT2D eigenvalue weighted by atomic mass is 10.5. The highest BCUT2D eigenvalue weighted by molar-refractivity contribution is 14.1. The van der Waals surface area contributed by atoms with Crippen molar-refractivity contribution in [3.05, 3.63) is 11.9 Å². The molecule has 10 heavy (non-hydrogen) atoms. The second kappa shape index (κ2) is 2.95. The molecule has 1 aromatic heterocycles. The van der Waals surface area contributed by atoms with E-state index in [0.717, 1.165) is 0 Å². The molecule has 0 fully saturated rings. The fourth-order valence-electron chi connectivity index (χ4n) is 0.476. The minimum absolute atomic E-state index is 0.220. The molecule has 0 spiro atoms. The molecule has 1 rings (SSSR count). The summed E-state index contributed by atoms with van der Waals surface area (Å²) < 4.78 is 1.45. The van der Waals surface area contributed by atoms with Gasteiger partial charge in [-0.15, -0.1) is 5.10 Å². The summed E-state index contributed by atoms with van der Waals surface area (Å²) in [6, 6.07) is 0. The van der Waals surface area contributed by atoms with Gasteiger partial charge in [0.25, 0.3) is 5.91 Å². The monoisotopic (exact) mass is 252 g/mol. The van der Waals surface area contributed by atoms with E-state index in [9.17, 15) is 4.79 Å². The van der Waals surface area contributed by atoms with Crippen molar-refractivity contribution < 1.29 is 4.79 Å². The maximum atomic E-state index is 10.8. The van der Waals surface area contributed by atoms with Crippen molar-refractivity contribution >= 4 is 28.8 Å². The SMILES string of the molecule is CNC(=O)c1cn(I)nn1. The summed E-state index contributed by atoms with van der Waals surface area (Å²) in [5.41, 5.74) is 0.330. The molecule has 1 heterocycles. The molecule has 0 aliphatic heterocycles. The molecule has 0 aliphatic rings. The van der Waals surface area contributed by atoms with Crippen molar-refractivity contribution in [3.63, 3.8) is 0 Å². The number of aromatic nitrogens is 3. The van der Waals surface area contributed by atoms with Gasteiger partial charge in [0.05, 0.1) is 29.1 Å². The Bertz CT molecular complexity index is 245. The van der Waals surface area contributed by atoms with Gasteiger partial charge in [-0.2, -0.15) is 2.90 Å². The topological polar surface area (TPSA) is 59.8 Å². The van der Waals surface area contributed by atoms with Crippen molar-refractivity contribution in [1.29, 1.82) is 0 Å². The fraction of sp³-hybridized carbons (Fsp3) is 0.250. The zero-order valence-corrected chi connectivity index (χ0v) is 7.36. The lowest BCUT2D eigenvalue weighted by molar-refractivity contribution is 0.0958. The summed E-state index contributed by atoms with van der Waals surface area (Å²) in [5.74, 6) is -0.220. The summed E-state index contributed by atoms with van der Waals surface area (Å²) >= 11 is 1.91.